The van der Waals surface area contributed by atoms with Gasteiger partial charge in [0.2, 0.25) is 5.78 Å². The predicted octanol–water partition coefficient (Wildman–Crippen LogP) is -0.0487. The second kappa shape index (κ2) is 2.38. The van der Waals surface area contributed by atoms with Crippen molar-refractivity contribution in [2.75, 3.05) is 0 Å². The summed E-state index contributed by atoms with van der Waals surface area (Å²) < 4.78 is 0. The van der Waals surface area contributed by atoms with Crippen LogP contribution in [0.1, 0.15) is 6.42 Å². The van der Waals surface area contributed by atoms with Crippen molar-refractivity contribution < 1.29 is 9.72 Å². The molecule has 0 N–H and O–H groups in total. The van der Waals surface area contributed by atoms with Crippen LogP contribution in [0.15, 0.2) is 10.7 Å². The van der Waals surface area contributed by atoms with Crippen LogP contribution in [0, 0.1) is 16.3 Å². The molecule has 0 aromatic heterocycles. The highest BCUT2D eigenvalue weighted by atomic mass is 16.6. The fraction of sp³-hybridized carbons (Fsp3) is 0.200. The Balaban J connectivity index is 2.91. The van der Waals surface area contributed by atoms with Crippen molar-refractivity contribution in [1.82, 2.24) is 0 Å². The molecule has 10 heavy (non-hydrogen) atoms. The molecule has 0 amide bonds. The van der Waals surface area contributed by atoms with Gasteiger partial charge in [0.1, 0.15) is 0 Å². The van der Waals surface area contributed by atoms with Gasteiger partial charge in [0.05, 0.1) is 11.3 Å². The molecule has 0 spiro atoms. The largest absolute Gasteiger partial charge is 0.340 e. The highest BCUT2D eigenvalue weighted by molar-refractivity contribution is 6.02. The SMILES string of the molecule is O=C1CC=N[C]=C1[N+](=O)[O-]. The summed E-state index contributed by atoms with van der Waals surface area (Å²) in [6.07, 6.45) is 3.30. The van der Waals surface area contributed by atoms with E-state index in [2.05, 4.69) is 4.99 Å². The summed E-state index contributed by atoms with van der Waals surface area (Å²) in [5.74, 6) is -0.542. The topological polar surface area (TPSA) is 72.6 Å². The van der Waals surface area contributed by atoms with Crippen molar-refractivity contribution in [2.24, 2.45) is 4.99 Å². The van der Waals surface area contributed by atoms with Crippen LogP contribution >= 0.6 is 0 Å². The smallest absolute Gasteiger partial charge is 0.287 e. The minimum absolute atomic E-state index is 0.00329. The number of hydrogen-bond acceptors (Lipinski definition) is 4. The predicted molar refractivity (Wildman–Crippen MR) is 31.9 cm³/mol. The number of ketones is 1. The first-order chi connectivity index (χ1) is 4.72. The molecule has 0 saturated heterocycles. The van der Waals surface area contributed by atoms with Crippen molar-refractivity contribution in [2.45, 2.75) is 6.42 Å². The molecule has 0 aliphatic carbocycles. The maximum absolute atomic E-state index is 10.6. The molecule has 5 heteroatoms. The maximum atomic E-state index is 10.6. The molecule has 1 radical (unpaired) electrons. The van der Waals surface area contributed by atoms with Gasteiger partial charge in [-0.25, -0.2) is 0 Å². The van der Waals surface area contributed by atoms with Crippen molar-refractivity contribution >= 4 is 12.0 Å². The Labute approximate surface area is 56.2 Å². The molecule has 5 nitrogen and oxygen atoms in total. The summed E-state index contributed by atoms with van der Waals surface area (Å²) in [4.78, 5) is 23.2. The molecule has 0 bridgehead atoms. The average molecular weight is 139 g/mol. The second-order valence-corrected chi connectivity index (χ2v) is 1.66. The van der Waals surface area contributed by atoms with Crippen LogP contribution in [-0.4, -0.2) is 16.9 Å². The van der Waals surface area contributed by atoms with Gasteiger partial charge in [-0.05, 0) is 0 Å². The number of nitrogens with zero attached hydrogens (tertiary/aromatic N) is 2. The van der Waals surface area contributed by atoms with Crippen molar-refractivity contribution in [1.29, 1.82) is 0 Å². The summed E-state index contributed by atoms with van der Waals surface area (Å²) in [6, 6.07) is 0. The van der Waals surface area contributed by atoms with Gasteiger partial charge in [0, 0.05) is 6.21 Å². The lowest BCUT2D eigenvalue weighted by Crippen LogP contribution is -2.13. The third kappa shape index (κ3) is 1.07. The molecule has 0 fully saturated rings. The van der Waals surface area contributed by atoms with E-state index in [0.717, 1.165) is 0 Å². The van der Waals surface area contributed by atoms with Gasteiger partial charge in [-0.3, -0.25) is 19.9 Å². The average Bonchev–Trinajstić information content (AvgIpc) is 1.88. The van der Waals surface area contributed by atoms with E-state index >= 15 is 0 Å². The van der Waals surface area contributed by atoms with Gasteiger partial charge in [-0.2, -0.15) is 0 Å². The molecule has 1 aliphatic rings. The Bertz CT molecular complexity index is 241. The van der Waals surface area contributed by atoms with E-state index in [1.807, 2.05) is 6.20 Å². The number of aliphatic imine (C=N–C) groups is 1. The Kier molecular flexibility index (Phi) is 1.57. The van der Waals surface area contributed by atoms with Gasteiger partial charge in [0.15, 0.2) is 6.20 Å². The van der Waals surface area contributed by atoms with Crippen LogP contribution in [0.25, 0.3) is 0 Å². The van der Waals surface area contributed by atoms with Gasteiger partial charge in [-0.15, -0.1) is 0 Å². The van der Waals surface area contributed by atoms with Gasteiger partial charge < -0.3 is 0 Å². The number of rotatable bonds is 1. The zero-order valence-corrected chi connectivity index (χ0v) is 4.90. The van der Waals surface area contributed by atoms with Gasteiger partial charge in [0.25, 0.3) is 0 Å². The van der Waals surface area contributed by atoms with E-state index in [1.165, 1.54) is 6.21 Å². The van der Waals surface area contributed by atoms with E-state index in [0.29, 0.717) is 0 Å². The third-order valence-corrected chi connectivity index (χ3v) is 0.985. The summed E-state index contributed by atoms with van der Waals surface area (Å²) >= 11 is 0. The molecule has 0 saturated carbocycles. The number of carbonyl (C=O) groups is 1. The molecular weight excluding hydrogens is 136 g/mol. The normalized spacial score (nSPS) is 16.8. The maximum Gasteiger partial charge on any atom is 0.340 e. The molecule has 51 valence electrons. The lowest BCUT2D eigenvalue weighted by Gasteiger charge is -1.95. The van der Waals surface area contributed by atoms with E-state index in [1.54, 1.807) is 0 Å². The van der Waals surface area contributed by atoms with Crippen molar-refractivity contribution in [3.05, 3.63) is 22.0 Å². The number of allylic oxidation sites excluding steroid dienone is 1. The Morgan fingerprint density at radius 3 is 2.90 bits per heavy atom. The summed E-state index contributed by atoms with van der Waals surface area (Å²) in [5, 5.41) is 9.98. The number of Topliss-reactive ketones (excluding diaryl/α,β-unsaturated/α-hetero) is 1. The highest BCUT2D eigenvalue weighted by Gasteiger charge is 2.22. The molecule has 0 aromatic rings. The molecule has 0 aromatic carbocycles. The van der Waals surface area contributed by atoms with E-state index in [9.17, 15) is 14.9 Å². The molecule has 1 heterocycles. The lowest BCUT2D eigenvalue weighted by atomic mass is 10.2. The first kappa shape index (κ1) is 6.60. The van der Waals surface area contributed by atoms with Crippen LogP contribution in [0.5, 0.6) is 0 Å². The number of hydrogen-bond donors (Lipinski definition) is 0. The van der Waals surface area contributed by atoms with Gasteiger partial charge in [-0.1, -0.05) is 0 Å². The quantitative estimate of drug-likeness (QED) is 0.377. The summed E-state index contributed by atoms with van der Waals surface area (Å²) in [5.41, 5.74) is -0.553. The number of nitro groups is 1. The van der Waals surface area contributed by atoms with Crippen molar-refractivity contribution in [3.8, 4) is 0 Å². The minimum Gasteiger partial charge on any atom is -0.287 e. The van der Waals surface area contributed by atoms with Crippen LogP contribution < -0.4 is 0 Å². The summed E-state index contributed by atoms with van der Waals surface area (Å²) in [7, 11) is 0. The third-order valence-electron chi connectivity index (χ3n) is 0.985. The molecule has 1 aliphatic heterocycles. The van der Waals surface area contributed by atoms with E-state index < -0.39 is 16.4 Å². The van der Waals surface area contributed by atoms with Gasteiger partial charge >= 0.3 is 5.70 Å². The molecule has 1 rings (SSSR count). The first-order valence-electron chi connectivity index (χ1n) is 2.54. The standard InChI is InChI=1S/C5H3N2O3/c8-5-1-2-6-3-4(5)7(9)10/h2H,1H2. The second-order valence-electron chi connectivity index (χ2n) is 1.66. The van der Waals surface area contributed by atoms with E-state index in [-0.39, 0.29) is 6.42 Å². The Morgan fingerprint density at radius 1 is 1.80 bits per heavy atom. The zero-order valence-electron chi connectivity index (χ0n) is 4.90. The first-order valence-corrected chi connectivity index (χ1v) is 2.54. The zero-order chi connectivity index (χ0) is 7.56. The van der Waals surface area contributed by atoms with E-state index in [4.69, 9.17) is 0 Å². The highest BCUT2D eigenvalue weighted by Crippen LogP contribution is 2.03. The lowest BCUT2D eigenvalue weighted by molar-refractivity contribution is -0.419. The number of carbonyl (C=O) groups excluding carboxylic acids is 1. The van der Waals surface area contributed by atoms with Crippen LogP contribution in [-0.2, 0) is 4.79 Å². The summed E-state index contributed by atoms with van der Waals surface area (Å²) in [6.45, 7) is 0. The molecule has 0 atom stereocenters. The fourth-order valence-electron chi connectivity index (χ4n) is 0.537. The van der Waals surface area contributed by atoms with Crippen LogP contribution in [0.3, 0.4) is 0 Å². The van der Waals surface area contributed by atoms with Crippen LogP contribution in [0.4, 0.5) is 0 Å². The Morgan fingerprint density at radius 2 is 2.50 bits per heavy atom. The monoisotopic (exact) mass is 139 g/mol. The van der Waals surface area contributed by atoms with Crippen molar-refractivity contribution in [3.63, 3.8) is 0 Å². The fourth-order valence-corrected chi connectivity index (χ4v) is 0.537. The van der Waals surface area contributed by atoms with Crippen LogP contribution in [0.2, 0.25) is 0 Å². The molecule has 0 unspecified atom stereocenters. The molecular formula is C5H3N2O3. The Hall–Kier alpha value is -1.52. The minimum atomic E-state index is -0.779.